The van der Waals surface area contributed by atoms with Gasteiger partial charge in [0, 0.05) is 12.6 Å². The number of carbonyl (C=O) groups is 1. The number of rotatable bonds is 2. The Morgan fingerprint density at radius 3 is 2.95 bits per heavy atom. The molecule has 0 radical (unpaired) electrons. The highest BCUT2D eigenvalue weighted by Crippen LogP contribution is 2.37. The van der Waals surface area contributed by atoms with Gasteiger partial charge in [0.15, 0.2) is 0 Å². The quantitative estimate of drug-likeness (QED) is 0.870. The molecule has 1 fully saturated rings. The Balaban J connectivity index is 1.76. The molecule has 3 rings (SSSR count). The van der Waals surface area contributed by atoms with E-state index in [1.54, 1.807) is 0 Å². The predicted octanol–water partition coefficient (Wildman–Crippen LogP) is 3.04. The molecule has 2 unspecified atom stereocenters. The smallest absolute Gasteiger partial charge is 0.315 e. The van der Waals surface area contributed by atoms with Crippen molar-refractivity contribution in [2.45, 2.75) is 50.5 Å². The molecule has 19 heavy (non-hydrogen) atoms. The van der Waals surface area contributed by atoms with Gasteiger partial charge in [-0.3, -0.25) is 0 Å². The maximum absolute atomic E-state index is 11.4. The lowest BCUT2D eigenvalue weighted by Crippen LogP contribution is -2.40. The van der Waals surface area contributed by atoms with Crippen LogP contribution in [0.15, 0.2) is 24.3 Å². The third kappa shape index (κ3) is 2.46. The van der Waals surface area contributed by atoms with E-state index in [2.05, 4.69) is 24.3 Å². The molecule has 0 aromatic heterocycles. The van der Waals surface area contributed by atoms with Crippen LogP contribution < -0.4 is 5.73 Å². The first kappa shape index (κ1) is 12.5. The number of hydrogen-bond donors (Lipinski definition) is 1. The molecule has 1 aliphatic heterocycles. The van der Waals surface area contributed by atoms with Crippen molar-refractivity contribution in [1.29, 1.82) is 0 Å². The largest absolute Gasteiger partial charge is 0.351 e. The molecule has 2 N–H and O–H groups in total. The van der Waals surface area contributed by atoms with Gasteiger partial charge >= 0.3 is 6.03 Å². The molecular formula is C16H22N2O. The summed E-state index contributed by atoms with van der Waals surface area (Å²) in [5, 5.41) is 0. The highest BCUT2D eigenvalue weighted by molar-refractivity contribution is 5.72. The first-order chi connectivity index (χ1) is 9.25. The summed E-state index contributed by atoms with van der Waals surface area (Å²) in [5.41, 5.74) is 8.48. The number of carbonyl (C=O) groups excluding carboxylic acids is 1. The highest BCUT2D eigenvalue weighted by atomic mass is 16.2. The second-order valence-corrected chi connectivity index (χ2v) is 5.85. The molecule has 0 spiro atoms. The van der Waals surface area contributed by atoms with E-state index in [-0.39, 0.29) is 6.03 Å². The molecule has 0 saturated carbocycles. The summed E-state index contributed by atoms with van der Waals surface area (Å²) in [6.07, 6.45) is 7.02. The van der Waals surface area contributed by atoms with E-state index in [1.807, 2.05) is 4.90 Å². The van der Waals surface area contributed by atoms with Crippen LogP contribution in [0.1, 0.15) is 49.1 Å². The minimum Gasteiger partial charge on any atom is -0.351 e. The molecule has 3 heteroatoms. The van der Waals surface area contributed by atoms with E-state index in [1.165, 1.54) is 30.4 Å². The molecule has 1 aliphatic carbocycles. The summed E-state index contributed by atoms with van der Waals surface area (Å²) >= 11 is 0. The lowest BCUT2D eigenvalue weighted by atomic mass is 9.79. The molecule has 1 heterocycles. The maximum Gasteiger partial charge on any atom is 0.315 e. The highest BCUT2D eigenvalue weighted by Gasteiger charge is 2.31. The SMILES string of the molecule is NC(=O)N1CCCC1CC1CCCc2ccccc21. The van der Waals surface area contributed by atoms with Gasteiger partial charge in [-0.05, 0) is 55.6 Å². The minimum atomic E-state index is -0.244. The number of amides is 2. The van der Waals surface area contributed by atoms with Gasteiger partial charge in [-0.2, -0.15) is 0 Å². The fourth-order valence-electron chi connectivity index (χ4n) is 3.80. The predicted molar refractivity (Wildman–Crippen MR) is 76.0 cm³/mol. The Labute approximate surface area is 114 Å². The monoisotopic (exact) mass is 258 g/mol. The van der Waals surface area contributed by atoms with Crippen LogP contribution in [0, 0.1) is 0 Å². The summed E-state index contributed by atoms with van der Waals surface area (Å²) in [5.74, 6) is 0.606. The first-order valence-corrected chi connectivity index (χ1v) is 7.39. The van der Waals surface area contributed by atoms with Crippen LogP contribution in [-0.4, -0.2) is 23.5 Å². The Hall–Kier alpha value is -1.51. The van der Waals surface area contributed by atoms with Crippen LogP contribution in [0.3, 0.4) is 0 Å². The van der Waals surface area contributed by atoms with Crippen LogP contribution >= 0.6 is 0 Å². The Morgan fingerprint density at radius 2 is 2.11 bits per heavy atom. The van der Waals surface area contributed by atoms with Gasteiger partial charge in [-0.25, -0.2) is 4.79 Å². The van der Waals surface area contributed by atoms with Gasteiger partial charge in [0.05, 0.1) is 0 Å². The van der Waals surface area contributed by atoms with Crippen molar-refractivity contribution in [3.05, 3.63) is 35.4 Å². The molecule has 1 aromatic rings. The van der Waals surface area contributed by atoms with Crippen molar-refractivity contribution in [3.8, 4) is 0 Å². The number of likely N-dealkylation sites (tertiary alicyclic amines) is 1. The first-order valence-electron chi connectivity index (χ1n) is 7.39. The van der Waals surface area contributed by atoms with Crippen molar-refractivity contribution in [2.75, 3.05) is 6.54 Å². The van der Waals surface area contributed by atoms with Crippen LogP contribution in [0.2, 0.25) is 0 Å². The van der Waals surface area contributed by atoms with E-state index < -0.39 is 0 Å². The van der Waals surface area contributed by atoms with Gasteiger partial charge in [0.1, 0.15) is 0 Å². The van der Waals surface area contributed by atoms with Crippen molar-refractivity contribution >= 4 is 6.03 Å². The second kappa shape index (κ2) is 5.24. The van der Waals surface area contributed by atoms with Gasteiger partial charge in [0.25, 0.3) is 0 Å². The van der Waals surface area contributed by atoms with Gasteiger partial charge in [-0.15, -0.1) is 0 Å². The van der Waals surface area contributed by atoms with Crippen molar-refractivity contribution < 1.29 is 4.79 Å². The molecule has 3 nitrogen and oxygen atoms in total. The fourth-order valence-corrected chi connectivity index (χ4v) is 3.80. The van der Waals surface area contributed by atoms with E-state index in [0.29, 0.717) is 12.0 Å². The van der Waals surface area contributed by atoms with Crippen LogP contribution in [0.25, 0.3) is 0 Å². The normalized spacial score (nSPS) is 26.2. The van der Waals surface area contributed by atoms with Crippen molar-refractivity contribution in [2.24, 2.45) is 5.73 Å². The summed E-state index contributed by atoms with van der Waals surface area (Å²) in [6, 6.07) is 8.90. The molecule has 0 bridgehead atoms. The van der Waals surface area contributed by atoms with Crippen molar-refractivity contribution in [3.63, 3.8) is 0 Å². The number of hydrogen-bond acceptors (Lipinski definition) is 1. The molecule has 2 aliphatic rings. The second-order valence-electron chi connectivity index (χ2n) is 5.85. The van der Waals surface area contributed by atoms with Crippen LogP contribution in [0.4, 0.5) is 4.79 Å². The average Bonchev–Trinajstić information content (AvgIpc) is 2.87. The molecule has 2 amide bonds. The number of primary amides is 1. The van der Waals surface area contributed by atoms with Gasteiger partial charge < -0.3 is 10.6 Å². The minimum absolute atomic E-state index is 0.244. The lowest BCUT2D eigenvalue weighted by molar-refractivity contribution is 0.196. The number of nitrogens with zero attached hydrogens (tertiary/aromatic N) is 1. The lowest BCUT2D eigenvalue weighted by Gasteiger charge is -2.31. The third-order valence-corrected chi connectivity index (χ3v) is 4.71. The fraction of sp³-hybridized carbons (Fsp3) is 0.562. The van der Waals surface area contributed by atoms with E-state index >= 15 is 0 Å². The summed E-state index contributed by atoms with van der Waals surface area (Å²) < 4.78 is 0. The Morgan fingerprint density at radius 1 is 1.26 bits per heavy atom. The molecule has 1 aromatic carbocycles. The molecular weight excluding hydrogens is 236 g/mol. The molecule has 2 atom stereocenters. The zero-order valence-electron chi connectivity index (χ0n) is 11.3. The Bertz CT molecular complexity index is 472. The van der Waals surface area contributed by atoms with Crippen LogP contribution in [0.5, 0.6) is 0 Å². The van der Waals surface area contributed by atoms with Crippen LogP contribution in [-0.2, 0) is 6.42 Å². The number of benzene rings is 1. The standard InChI is InChI=1S/C16H22N2O/c17-16(19)18-10-4-8-14(18)11-13-7-3-6-12-5-1-2-9-15(12)13/h1-2,5,9,13-14H,3-4,6-8,10-11H2,(H2,17,19). The van der Waals surface area contributed by atoms with E-state index in [9.17, 15) is 4.79 Å². The topological polar surface area (TPSA) is 46.3 Å². The summed E-state index contributed by atoms with van der Waals surface area (Å²) in [7, 11) is 0. The zero-order chi connectivity index (χ0) is 13.2. The summed E-state index contributed by atoms with van der Waals surface area (Å²) in [4.78, 5) is 13.3. The third-order valence-electron chi connectivity index (χ3n) is 4.71. The zero-order valence-corrected chi connectivity index (χ0v) is 11.3. The number of urea groups is 1. The van der Waals surface area contributed by atoms with Crippen molar-refractivity contribution in [1.82, 2.24) is 4.90 Å². The number of aryl methyl sites for hydroxylation is 1. The van der Waals surface area contributed by atoms with Gasteiger partial charge in [-0.1, -0.05) is 24.3 Å². The van der Waals surface area contributed by atoms with E-state index in [4.69, 9.17) is 5.73 Å². The van der Waals surface area contributed by atoms with E-state index in [0.717, 1.165) is 25.8 Å². The number of fused-ring (bicyclic) bond motifs is 1. The number of nitrogens with two attached hydrogens (primary N) is 1. The molecule has 102 valence electrons. The van der Waals surface area contributed by atoms with Gasteiger partial charge in [0.2, 0.25) is 0 Å². The average molecular weight is 258 g/mol. The molecule has 1 saturated heterocycles. The summed E-state index contributed by atoms with van der Waals surface area (Å²) in [6.45, 7) is 0.842. The Kier molecular flexibility index (Phi) is 3.45. The maximum atomic E-state index is 11.4.